The third-order valence-corrected chi connectivity index (χ3v) is 5.17. The Hall–Kier alpha value is -1.32. The summed E-state index contributed by atoms with van der Waals surface area (Å²) in [6.07, 6.45) is 26.0. The van der Waals surface area contributed by atoms with Crippen LogP contribution in [0.1, 0.15) is 128 Å². The van der Waals surface area contributed by atoms with Crippen molar-refractivity contribution in [2.45, 2.75) is 128 Å². The van der Waals surface area contributed by atoms with Crippen molar-refractivity contribution < 1.29 is 19.8 Å². The number of unbranched alkanes of at least 4 members (excludes halogenated alkanes) is 16. The summed E-state index contributed by atoms with van der Waals surface area (Å²) in [6, 6.07) is 0. The van der Waals surface area contributed by atoms with Gasteiger partial charge in [-0.1, -0.05) is 89.2 Å². The zero-order chi connectivity index (χ0) is 20.7. The number of rotatable bonds is 22. The van der Waals surface area contributed by atoms with Crippen LogP contribution < -0.4 is 10.2 Å². The first-order valence-electron chi connectivity index (χ1n) is 11.7. The predicted molar refractivity (Wildman–Crippen MR) is 111 cm³/mol. The van der Waals surface area contributed by atoms with Gasteiger partial charge in [-0.2, -0.15) is 0 Å². The maximum absolute atomic E-state index is 10.3. The smallest absolute Gasteiger partial charge is 0.0414 e. The van der Waals surface area contributed by atoms with E-state index in [4.69, 9.17) is 0 Å². The van der Waals surface area contributed by atoms with E-state index in [0.717, 1.165) is 38.5 Å². The second-order valence-electron chi connectivity index (χ2n) is 7.95. The topological polar surface area (TPSA) is 80.3 Å². The molecule has 0 bridgehead atoms. The number of carboxylic acids is 2. The van der Waals surface area contributed by atoms with Gasteiger partial charge in [0.05, 0.1) is 0 Å². The molecule has 0 aliphatic rings. The highest BCUT2D eigenvalue weighted by Crippen LogP contribution is 2.12. The fourth-order valence-corrected chi connectivity index (χ4v) is 3.42. The number of hydrogen-bond acceptors (Lipinski definition) is 4. The van der Waals surface area contributed by atoms with E-state index in [1.54, 1.807) is 0 Å². The van der Waals surface area contributed by atoms with E-state index in [0.29, 0.717) is 0 Å². The first kappa shape index (κ1) is 26.7. The fourth-order valence-electron chi connectivity index (χ4n) is 3.42. The minimum Gasteiger partial charge on any atom is -0.550 e. The van der Waals surface area contributed by atoms with E-state index in [2.05, 4.69) is 12.2 Å². The van der Waals surface area contributed by atoms with E-state index in [1.165, 1.54) is 77.0 Å². The summed E-state index contributed by atoms with van der Waals surface area (Å²) >= 11 is 0. The van der Waals surface area contributed by atoms with E-state index in [-0.39, 0.29) is 12.8 Å². The van der Waals surface area contributed by atoms with Gasteiger partial charge in [0.15, 0.2) is 0 Å². The summed E-state index contributed by atoms with van der Waals surface area (Å²) in [7, 11) is 0. The molecule has 0 atom stereocenters. The molecular weight excluding hydrogens is 352 g/mol. The van der Waals surface area contributed by atoms with Crippen LogP contribution in [-0.2, 0) is 9.59 Å². The number of carbonyl (C=O) groups is 2. The Labute approximate surface area is 172 Å². The van der Waals surface area contributed by atoms with Gasteiger partial charge in [-0.3, -0.25) is 0 Å². The van der Waals surface area contributed by atoms with Crippen LogP contribution in [0.2, 0.25) is 0 Å². The van der Waals surface area contributed by atoms with Gasteiger partial charge in [0.25, 0.3) is 0 Å². The Morgan fingerprint density at radius 2 is 0.679 bits per heavy atom. The van der Waals surface area contributed by atoms with Gasteiger partial charge >= 0.3 is 0 Å². The molecule has 0 heterocycles. The molecule has 0 spiro atoms. The van der Waals surface area contributed by atoms with E-state index >= 15 is 0 Å². The summed E-state index contributed by atoms with van der Waals surface area (Å²) in [5.74, 6) is -1.85. The van der Waals surface area contributed by atoms with E-state index in [9.17, 15) is 19.8 Å². The van der Waals surface area contributed by atoms with Gasteiger partial charge in [0.1, 0.15) is 0 Å². The van der Waals surface area contributed by atoms with Gasteiger partial charge in [-0.05, 0) is 51.4 Å². The molecule has 4 heteroatoms. The molecule has 0 amide bonds. The van der Waals surface area contributed by atoms with Crippen LogP contribution in [0.4, 0.5) is 0 Å². The Kier molecular flexibility index (Phi) is 20.9. The Morgan fingerprint density at radius 3 is 0.964 bits per heavy atom. The Balaban J connectivity index is 3.10. The minimum atomic E-state index is -0.924. The molecule has 0 aliphatic heterocycles. The van der Waals surface area contributed by atoms with Crippen molar-refractivity contribution >= 4 is 11.9 Å². The van der Waals surface area contributed by atoms with Gasteiger partial charge in [0.2, 0.25) is 0 Å². The van der Waals surface area contributed by atoms with Crippen LogP contribution in [-0.4, -0.2) is 11.9 Å². The highest BCUT2D eigenvalue weighted by atomic mass is 16.4. The maximum atomic E-state index is 10.3. The van der Waals surface area contributed by atoms with Crippen LogP contribution in [0.25, 0.3) is 0 Å². The summed E-state index contributed by atoms with van der Waals surface area (Å²) in [5, 5.41) is 20.6. The number of carboxylic acid groups (broad SMARTS) is 2. The molecule has 0 aromatic heterocycles. The Morgan fingerprint density at radius 1 is 0.429 bits per heavy atom. The maximum Gasteiger partial charge on any atom is 0.0414 e. The second kappa shape index (κ2) is 22.0. The number of carbonyl (C=O) groups excluding carboxylic acids is 2. The molecule has 0 radical (unpaired) electrons. The third kappa shape index (κ3) is 24.7. The molecule has 0 saturated carbocycles. The van der Waals surface area contributed by atoms with Crippen molar-refractivity contribution in [3.63, 3.8) is 0 Å². The highest BCUT2D eigenvalue weighted by Gasteiger charge is 1.94. The molecule has 164 valence electrons. The number of aliphatic carboxylic acids is 2. The van der Waals surface area contributed by atoms with Crippen molar-refractivity contribution in [2.75, 3.05) is 0 Å². The third-order valence-electron chi connectivity index (χ3n) is 5.17. The lowest BCUT2D eigenvalue weighted by Gasteiger charge is -2.03. The predicted octanol–water partition coefficient (Wildman–Crippen LogP) is 4.84. The zero-order valence-electron chi connectivity index (χ0n) is 17.9. The van der Waals surface area contributed by atoms with Gasteiger partial charge in [-0.15, -0.1) is 0 Å². The standard InChI is InChI=1S/C24H44O4/c25-23(26)21-19-17-15-13-11-9-7-5-3-1-2-4-6-8-10-12-14-16-18-20-22-24(27)28/h1,3H,2,4-22H2,(H,25,26)(H,27,28)/p-2/b3-1+. The summed E-state index contributed by atoms with van der Waals surface area (Å²) in [4.78, 5) is 20.6. The monoisotopic (exact) mass is 394 g/mol. The lowest BCUT2D eigenvalue weighted by atomic mass is 10.1. The highest BCUT2D eigenvalue weighted by molar-refractivity contribution is 5.64. The summed E-state index contributed by atoms with van der Waals surface area (Å²) in [5.41, 5.74) is 0. The van der Waals surface area contributed by atoms with Crippen LogP contribution in [0.15, 0.2) is 12.2 Å². The molecule has 4 nitrogen and oxygen atoms in total. The second-order valence-corrected chi connectivity index (χ2v) is 7.95. The molecule has 0 aromatic carbocycles. The molecule has 0 N–H and O–H groups in total. The van der Waals surface area contributed by atoms with Crippen molar-refractivity contribution in [1.29, 1.82) is 0 Å². The molecule has 0 rings (SSSR count). The molecular formula is C24H42O4-2. The van der Waals surface area contributed by atoms with Crippen molar-refractivity contribution in [3.8, 4) is 0 Å². The molecule has 0 unspecified atom stereocenters. The summed E-state index contributed by atoms with van der Waals surface area (Å²) in [6.45, 7) is 0. The van der Waals surface area contributed by atoms with Crippen molar-refractivity contribution in [1.82, 2.24) is 0 Å². The fraction of sp³-hybridized carbons (Fsp3) is 0.833. The molecule has 0 fully saturated rings. The average molecular weight is 395 g/mol. The largest absolute Gasteiger partial charge is 0.550 e. The van der Waals surface area contributed by atoms with E-state index in [1.807, 2.05) is 0 Å². The lowest BCUT2D eigenvalue weighted by Crippen LogP contribution is -2.21. The normalized spacial score (nSPS) is 11.3. The van der Waals surface area contributed by atoms with Crippen LogP contribution in [0, 0.1) is 0 Å². The molecule has 0 saturated heterocycles. The van der Waals surface area contributed by atoms with Crippen LogP contribution >= 0.6 is 0 Å². The van der Waals surface area contributed by atoms with Crippen LogP contribution in [0.5, 0.6) is 0 Å². The number of hydrogen-bond donors (Lipinski definition) is 0. The van der Waals surface area contributed by atoms with Crippen molar-refractivity contribution in [2.24, 2.45) is 0 Å². The summed E-state index contributed by atoms with van der Waals surface area (Å²) < 4.78 is 0. The Bertz CT molecular complexity index is 390. The first-order chi connectivity index (χ1) is 13.6. The average Bonchev–Trinajstić information content (AvgIpc) is 2.65. The van der Waals surface area contributed by atoms with Gasteiger partial charge in [0, 0.05) is 11.9 Å². The molecule has 0 aliphatic carbocycles. The van der Waals surface area contributed by atoms with Gasteiger partial charge in [-0.25, -0.2) is 0 Å². The van der Waals surface area contributed by atoms with Gasteiger partial charge < -0.3 is 19.8 Å². The SMILES string of the molecule is O=C([O-])CCCCCCCCC/C=C/CCCCCCCCCCCC(=O)[O-]. The first-order valence-corrected chi connectivity index (χ1v) is 11.7. The lowest BCUT2D eigenvalue weighted by molar-refractivity contribution is -0.307. The quantitative estimate of drug-likeness (QED) is 0.194. The van der Waals surface area contributed by atoms with Crippen LogP contribution in [0.3, 0.4) is 0 Å². The molecule has 0 aromatic rings. The number of allylic oxidation sites excluding steroid dienone is 2. The van der Waals surface area contributed by atoms with Crippen molar-refractivity contribution in [3.05, 3.63) is 12.2 Å². The molecule has 28 heavy (non-hydrogen) atoms. The minimum absolute atomic E-state index is 0.208. The van der Waals surface area contributed by atoms with E-state index < -0.39 is 11.9 Å². The zero-order valence-corrected chi connectivity index (χ0v) is 17.9.